The number of hydrogen-bond acceptors (Lipinski definition) is 4. The van der Waals surface area contributed by atoms with Crippen molar-refractivity contribution in [2.24, 2.45) is 0 Å². The van der Waals surface area contributed by atoms with E-state index in [-0.39, 0.29) is 24.2 Å². The lowest BCUT2D eigenvalue weighted by atomic mass is 10.0. The molecule has 0 bridgehead atoms. The van der Waals surface area contributed by atoms with Gasteiger partial charge in [0, 0.05) is 17.7 Å². The summed E-state index contributed by atoms with van der Waals surface area (Å²) >= 11 is 0. The molecule has 1 aromatic carbocycles. The molecule has 1 aliphatic rings. The van der Waals surface area contributed by atoms with Gasteiger partial charge in [-0.1, -0.05) is 30.3 Å². The van der Waals surface area contributed by atoms with Gasteiger partial charge in [0.1, 0.15) is 6.61 Å². The number of hydrogen-bond donors (Lipinski definition) is 2. The molecule has 6 heteroatoms. The van der Waals surface area contributed by atoms with Crippen LogP contribution in [0.15, 0.2) is 36.4 Å². The smallest absolute Gasteiger partial charge is 0.413 e. The predicted octanol–water partition coefficient (Wildman–Crippen LogP) is 4.02. The molecule has 1 aromatic heterocycles. The summed E-state index contributed by atoms with van der Waals surface area (Å²) in [6.45, 7) is 6.44. The van der Waals surface area contributed by atoms with Gasteiger partial charge in [-0.3, -0.25) is 10.00 Å². The number of carbonyl (C=O) groups excluding carboxylic acids is 1. The molecular weight excluding hydrogens is 330 g/mol. The van der Waals surface area contributed by atoms with E-state index in [1.54, 1.807) is 0 Å². The number of ether oxygens (including phenoxy) is 1. The molecule has 6 nitrogen and oxygen atoms in total. The molecule has 1 heterocycles. The van der Waals surface area contributed by atoms with Gasteiger partial charge in [-0.25, -0.2) is 4.79 Å². The summed E-state index contributed by atoms with van der Waals surface area (Å²) in [5, 5.41) is 17.2. The second kappa shape index (κ2) is 7.50. The monoisotopic (exact) mass is 357 g/mol. The van der Waals surface area contributed by atoms with Crippen LogP contribution in [-0.2, 0) is 16.9 Å². The molecule has 1 aliphatic carbocycles. The SMILES string of the molecule is CC(C)(C)n1nc(NC(=O)OCc2ccccc2)cc1[C@H]1CC[C@H](O)C1. The van der Waals surface area contributed by atoms with E-state index in [1.807, 2.05) is 41.1 Å². The lowest BCUT2D eigenvalue weighted by molar-refractivity contribution is 0.155. The van der Waals surface area contributed by atoms with Gasteiger partial charge in [-0.15, -0.1) is 0 Å². The van der Waals surface area contributed by atoms with Gasteiger partial charge >= 0.3 is 6.09 Å². The molecule has 2 aromatic rings. The third kappa shape index (κ3) is 4.43. The van der Waals surface area contributed by atoms with E-state index in [1.165, 1.54) is 0 Å². The number of rotatable bonds is 4. The van der Waals surface area contributed by atoms with E-state index in [0.717, 1.165) is 30.5 Å². The van der Waals surface area contributed by atoms with Crippen LogP contribution in [0.3, 0.4) is 0 Å². The predicted molar refractivity (Wildman–Crippen MR) is 100 cm³/mol. The molecule has 1 amide bonds. The number of nitrogens with one attached hydrogen (secondary N) is 1. The number of benzene rings is 1. The molecule has 2 N–H and O–H groups in total. The molecule has 1 fully saturated rings. The van der Waals surface area contributed by atoms with Crippen molar-refractivity contribution < 1.29 is 14.6 Å². The maximum Gasteiger partial charge on any atom is 0.413 e. The van der Waals surface area contributed by atoms with Gasteiger partial charge in [0.2, 0.25) is 0 Å². The van der Waals surface area contributed by atoms with Gasteiger partial charge in [0.15, 0.2) is 5.82 Å². The van der Waals surface area contributed by atoms with Crippen molar-refractivity contribution in [3.63, 3.8) is 0 Å². The highest BCUT2D eigenvalue weighted by atomic mass is 16.5. The quantitative estimate of drug-likeness (QED) is 0.867. The highest BCUT2D eigenvalue weighted by molar-refractivity contribution is 5.83. The highest BCUT2D eigenvalue weighted by Gasteiger charge is 2.30. The van der Waals surface area contributed by atoms with E-state index in [2.05, 4.69) is 31.2 Å². The molecule has 1 saturated carbocycles. The summed E-state index contributed by atoms with van der Waals surface area (Å²) in [5.41, 5.74) is 1.77. The van der Waals surface area contributed by atoms with Crippen LogP contribution in [0.25, 0.3) is 0 Å². The number of amides is 1. The largest absolute Gasteiger partial charge is 0.444 e. The molecule has 0 spiro atoms. The Labute approximate surface area is 154 Å². The normalized spacial score (nSPS) is 20.2. The van der Waals surface area contributed by atoms with Crippen molar-refractivity contribution in [2.45, 2.75) is 64.2 Å². The zero-order valence-corrected chi connectivity index (χ0v) is 15.6. The summed E-state index contributed by atoms with van der Waals surface area (Å²) in [4.78, 5) is 12.1. The number of anilines is 1. The van der Waals surface area contributed by atoms with Crippen molar-refractivity contribution in [2.75, 3.05) is 5.32 Å². The summed E-state index contributed by atoms with van der Waals surface area (Å²) in [6.07, 6.45) is 1.70. The zero-order valence-electron chi connectivity index (χ0n) is 15.6. The molecule has 0 radical (unpaired) electrons. The number of aliphatic hydroxyl groups is 1. The van der Waals surface area contributed by atoms with Gasteiger partial charge in [-0.2, -0.15) is 5.10 Å². The molecule has 26 heavy (non-hydrogen) atoms. The summed E-state index contributed by atoms with van der Waals surface area (Å²) in [6, 6.07) is 11.5. The van der Waals surface area contributed by atoms with E-state index in [9.17, 15) is 9.90 Å². The molecule has 2 atom stereocenters. The second-order valence-electron chi connectivity index (χ2n) is 7.89. The minimum absolute atomic E-state index is 0.212. The van der Waals surface area contributed by atoms with Crippen LogP contribution in [0.5, 0.6) is 0 Å². The molecule has 140 valence electrons. The maximum absolute atomic E-state index is 12.1. The number of aromatic nitrogens is 2. The van der Waals surface area contributed by atoms with Crippen molar-refractivity contribution in [3.8, 4) is 0 Å². The Balaban J connectivity index is 1.69. The molecule has 0 unspecified atom stereocenters. The first-order valence-corrected chi connectivity index (χ1v) is 9.09. The van der Waals surface area contributed by atoms with Crippen LogP contribution in [0.2, 0.25) is 0 Å². The van der Waals surface area contributed by atoms with Crippen LogP contribution in [0.4, 0.5) is 10.6 Å². The zero-order chi connectivity index (χ0) is 18.7. The minimum Gasteiger partial charge on any atom is -0.444 e. The standard InChI is InChI=1S/C20H27N3O3/c1-20(2,3)23-17(15-9-10-16(24)11-15)12-18(22-23)21-19(25)26-13-14-7-5-4-6-8-14/h4-8,12,15-16,24H,9-11,13H2,1-3H3,(H,21,22,25)/t15-,16-/m0/s1. The van der Waals surface area contributed by atoms with Crippen LogP contribution in [0.1, 0.15) is 57.2 Å². The Morgan fingerprint density at radius 2 is 2.04 bits per heavy atom. The van der Waals surface area contributed by atoms with Gasteiger partial charge in [0.05, 0.1) is 11.6 Å². The van der Waals surface area contributed by atoms with Gasteiger partial charge < -0.3 is 9.84 Å². The lowest BCUT2D eigenvalue weighted by Gasteiger charge is -2.24. The van der Waals surface area contributed by atoms with Crippen LogP contribution >= 0.6 is 0 Å². The van der Waals surface area contributed by atoms with Crippen LogP contribution in [0, 0.1) is 0 Å². The summed E-state index contributed by atoms with van der Waals surface area (Å²) in [7, 11) is 0. The summed E-state index contributed by atoms with van der Waals surface area (Å²) < 4.78 is 7.22. The van der Waals surface area contributed by atoms with Crippen molar-refractivity contribution in [1.82, 2.24) is 9.78 Å². The molecule has 0 aliphatic heterocycles. The topological polar surface area (TPSA) is 76.4 Å². The van der Waals surface area contributed by atoms with Crippen LogP contribution < -0.4 is 5.32 Å². The third-order valence-electron chi connectivity index (χ3n) is 4.64. The Kier molecular flexibility index (Phi) is 5.32. The Bertz CT molecular complexity index is 749. The fourth-order valence-corrected chi connectivity index (χ4v) is 3.37. The first-order valence-electron chi connectivity index (χ1n) is 9.09. The van der Waals surface area contributed by atoms with Gasteiger partial charge in [0.25, 0.3) is 0 Å². The Morgan fingerprint density at radius 3 is 2.65 bits per heavy atom. The lowest BCUT2D eigenvalue weighted by Crippen LogP contribution is -2.26. The summed E-state index contributed by atoms with van der Waals surface area (Å²) in [5.74, 6) is 0.738. The number of aliphatic hydroxyl groups excluding tert-OH is 1. The molecular formula is C20H27N3O3. The third-order valence-corrected chi connectivity index (χ3v) is 4.64. The first-order chi connectivity index (χ1) is 12.3. The van der Waals surface area contributed by atoms with E-state index < -0.39 is 6.09 Å². The number of nitrogens with zero attached hydrogens (tertiary/aromatic N) is 2. The fourth-order valence-electron chi connectivity index (χ4n) is 3.37. The molecule has 3 rings (SSSR count). The van der Waals surface area contributed by atoms with E-state index in [4.69, 9.17) is 4.74 Å². The maximum atomic E-state index is 12.1. The van der Waals surface area contributed by atoms with E-state index >= 15 is 0 Å². The Morgan fingerprint density at radius 1 is 1.31 bits per heavy atom. The molecule has 0 saturated heterocycles. The number of carbonyl (C=O) groups is 1. The second-order valence-corrected chi connectivity index (χ2v) is 7.89. The van der Waals surface area contributed by atoms with Crippen LogP contribution in [-0.4, -0.2) is 27.1 Å². The fraction of sp³-hybridized carbons (Fsp3) is 0.500. The average molecular weight is 357 g/mol. The first kappa shape index (κ1) is 18.5. The van der Waals surface area contributed by atoms with Gasteiger partial charge in [-0.05, 0) is 45.6 Å². The van der Waals surface area contributed by atoms with Crippen molar-refractivity contribution in [3.05, 3.63) is 47.7 Å². The average Bonchev–Trinajstić information content (AvgIpc) is 3.20. The highest BCUT2D eigenvalue weighted by Crippen LogP contribution is 2.37. The van der Waals surface area contributed by atoms with Crippen molar-refractivity contribution >= 4 is 11.9 Å². The Hall–Kier alpha value is -2.34. The van der Waals surface area contributed by atoms with E-state index in [0.29, 0.717) is 5.82 Å². The van der Waals surface area contributed by atoms with Crippen molar-refractivity contribution in [1.29, 1.82) is 0 Å². The minimum atomic E-state index is -0.523.